The molecular weight excluding hydrogens is 629 g/mol. The Bertz CT molecular complexity index is 1830. The Morgan fingerprint density at radius 2 is 1.54 bits per heavy atom. The summed E-state index contributed by atoms with van der Waals surface area (Å²) in [5.74, 6) is -1.31. The fraction of sp³-hybridized carbons (Fsp3) is 0.316. The quantitative estimate of drug-likeness (QED) is 0.179. The number of ether oxygens (including phenoxy) is 1. The van der Waals surface area contributed by atoms with Gasteiger partial charge in [0.1, 0.15) is 24.2 Å². The minimum Gasteiger partial charge on any atom is -0.495 e. The highest BCUT2D eigenvalue weighted by Gasteiger charge is 2.36. The van der Waals surface area contributed by atoms with Crippen LogP contribution in [0.2, 0.25) is 0 Å². The topological polar surface area (TPSA) is 96.0 Å². The zero-order chi connectivity index (χ0) is 34.3. The van der Waals surface area contributed by atoms with Gasteiger partial charge in [-0.1, -0.05) is 85.1 Å². The Hall–Kier alpha value is -4.70. The van der Waals surface area contributed by atoms with Gasteiger partial charge in [0.15, 0.2) is 0 Å². The zero-order valence-electron chi connectivity index (χ0n) is 27.6. The summed E-state index contributed by atoms with van der Waals surface area (Å²) >= 11 is 0. The van der Waals surface area contributed by atoms with Gasteiger partial charge in [-0.2, -0.15) is 0 Å². The molecule has 252 valence electrons. The van der Waals surface area contributed by atoms with Crippen LogP contribution in [0.1, 0.15) is 47.9 Å². The molecule has 0 saturated heterocycles. The van der Waals surface area contributed by atoms with Crippen LogP contribution in [0, 0.1) is 19.7 Å². The Kier molecular flexibility index (Phi) is 11.2. The van der Waals surface area contributed by atoms with Gasteiger partial charge in [0.25, 0.3) is 10.0 Å². The van der Waals surface area contributed by atoms with E-state index in [1.54, 1.807) is 48.5 Å². The van der Waals surface area contributed by atoms with Crippen LogP contribution in [-0.4, -0.2) is 50.9 Å². The lowest BCUT2D eigenvalue weighted by molar-refractivity contribution is -0.140. The minimum absolute atomic E-state index is 0.00933. The number of benzene rings is 4. The average molecular weight is 672 g/mol. The van der Waals surface area contributed by atoms with E-state index in [2.05, 4.69) is 5.32 Å². The molecular formula is C38H42FN3O5S. The van der Waals surface area contributed by atoms with Crippen molar-refractivity contribution in [3.05, 3.63) is 125 Å². The van der Waals surface area contributed by atoms with E-state index in [0.717, 1.165) is 46.7 Å². The number of amides is 2. The number of anilines is 1. The molecule has 0 unspecified atom stereocenters. The van der Waals surface area contributed by atoms with E-state index in [0.29, 0.717) is 0 Å². The molecule has 1 saturated carbocycles. The van der Waals surface area contributed by atoms with E-state index < -0.39 is 34.3 Å². The van der Waals surface area contributed by atoms with Crippen molar-refractivity contribution < 1.29 is 27.1 Å². The zero-order valence-corrected chi connectivity index (χ0v) is 28.4. The molecule has 10 heteroatoms. The monoisotopic (exact) mass is 671 g/mol. The Morgan fingerprint density at radius 1 is 0.896 bits per heavy atom. The summed E-state index contributed by atoms with van der Waals surface area (Å²) < 4.78 is 50.5. The number of carbonyl (C=O) groups is 2. The smallest absolute Gasteiger partial charge is 0.264 e. The van der Waals surface area contributed by atoms with Crippen LogP contribution in [0.5, 0.6) is 5.75 Å². The van der Waals surface area contributed by atoms with Gasteiger partial charge in [0.2, 0.25) is 11.8 Å². The van der Waals surface area contributed by atoms with Crippen LogP contribution in [0.4, 0.5) is 10.1 Å². The summed E-state index contributed by atoms with van der Waals surface area (Å²) in [4.78, 5) is 30.1. The third kappa shape index (κ3) is 8.23. The van der Waals surface area contributed by atoms with E-state index in [1.807, 2.05) is 44.2 Å². The fourth-order valence-electron chi connectivity index (χ4n) is 6.08. The van der Waals surface area contributed by atoms with Gasteiger partial charge in [-0.15, -0.1) is 0 Å². The maximum Gasteiger partial charge on any atom is 0.264 e. The normalized spacial score (nSPS) is 13.9. The van der Waals surface area contributed by atoms with Crippen molar-refractivity contribution in [2.45, 2.75) is 69.5 Å². The van der Waals surface area contributed by atoms with Crippen LogP contribution in [0.25, 0.3) is 0 Å². The van der Waals surface area contributed by atoms with E-state index in [-0.39, 0.29) is 46.8 Å². The van der Waals surface area contributed by atoms with Crippen LogP contribution in [0.3, 0.4) is 0 Å². The molecule has 0 heterocycles. The molecule has 1 atom stereocenters. The van der Waals surface area contributed by atoms with Crippen LogP contribution >= 0.6 is 0 Å². The predicted molar refractivity (Wildman–Crippen MR) is 185 cm³/mol. The summed E-state index contributed by atoms with van der Waals surface area (Å²) in [5.41, 5.74) is 2.81. The van der Waals surface area contributed by atoms with Gasteiger partial charge in [-0.25, -0.2) is 12.8 Å². The van der Waals surface area contributed by atoms with Crippen LogP contribution < -0.4 is 14.4 Å². The second-order valence-corrected chi connectivity index (χ2v) is 14.2. The number of sulfonamides is 1. The van der Waals surface area contributed by atoms with Crippen molar-refractivity contribution in [3.63, 3.8) is 0 Å². The number of nitrogens with one attached hydrogen (secondary N) is 1. The highest BCUT2D eigenvalue weighted by atomic mass is 32.2. The number of hydrogen-bond acceptors (Lipinski definition) is 5. The molecule has 1 aliphatic rings. The van der Waals surface area contributed by atoms with E-state index in [1.165, 1.54) is 30.2 Å². The molecule has 0 aliphatic heterocycles. The van der Waals surface area contributed by atoms with Gasteiger partial charge in [-0.05, 0) is 68.1 Å². The molecule has 48 heavy (non-hydrogen) atoms. The molecule has 0 spiro atoms. The summed E-state index contributed by atoms with van der Waals surface area (Å²) in [6, 6.07) is 25.8. The first kappa shape index (κ1) is 34.6. The first-order valence-electron chi connectivity index (χ1n) is 16.2. The van der Waals surface area contributed by atoms with Gasteiger partial charge >= 0.3 is 0 Å². The first-order chi connectivity index (χ1) is 23.1. The number of nitrogens with zero attached hydrogens (tertiary/aromatic N) is 2. The molecule has 0 aromatic heterocycles. The molecule has 8 nitrogen and oxygen atoms in total. The number of halogens is 1. The average Bonchev–Trinajstić information content (AvgIpc) is 3.59. The molecule has 0 radical (unpaired) electrons. The van der Waals surface area contributed by atoms with Crippen molar-refractivity contribution in [2.75, 3.05) is 18.0 Å². The van der Waals surface area contributed by atoms with E-state index in [9.17, 15) is 18.0 Å². The van der Waals surface area contributed by atoms with Crippen LogP contribution in [-0.2, 0) is 32.6 Å². The maximum absolute atomic E-state index is 15.2. The summed E-state index contributed by atoms with van der Waals surface area (Å²) in [5, 5.41) is 3.13. The Balaban J connectivity index is 1.61. The number of carbonyl (C=O) groups excluding carboxylic acids is 2. The number of rotatable bonds is 13. The standard InChI is InChI=1S/C38H42FN3O5S/c1-27-17-20-32(21-18-27)48(45,46)42(34-23-28(2)19-22-36(34)47-3)26-37(43)41(25-30-13-7-10-16-33(30)39)35(24-29-11-5-4-6-12-29)38(44)40-31-14-8-9-15-31/h4-7,10-13,16-23,31,35H,8-9,14-15,24-26H2,1-3H3,(H,40,44)/t35-/m0/s1. The van der Waals surface area contributed by atoms with Gasteiger partial charge < -0.3 is 15.0 Å². The van der Waals surface area contributed by atoms with Gasteiger partial charge in [0, 0.05) is 24.6 Å². The second-order valence-electron chi connectivity index (χ2n) is 12.3. The van der Waals surface area contributed by atoms with Crippen molar-refractivity contribution in [2.24, 2.45) is 0 Å². The van der Waals surface area contributed by atoms with Crippen molar-refractivity contribution in [1.29, 1.82) is 0 Å². The van der Waals surface area contributed by atoms with E-state index >= 15 is 4.39 Å². The SMILES string of the molecule is COc1ccc(C)cc1N(CC(=O)N(Cc1ccccc1F)[C@@H](Cc1ccccc1)C(=O)NC1CCCC1)S(=O)(=O)c1ccc(C)cc1. The lowest BCUT2D eigenvalue weighted by Crippen LogP contribution is -2.54. The lowest BCUT2D eigenvalue weighted by atomic mass is 10.0. The van der Waals surface area contributed by atoms with Crippen molar-refractivity contribution in [3.8, 4) is 5.75 Å². The second kappa shape index (κ2) is 15.5. The molecule has 1 fully saturated rings. The summed E-state index contributed by atoms with van der Waals surface area (Å²) in [6.45, 7) is 2.76. The molecule has 5 rings (SSSR count). The van der Waals surface area contributed by atoms with Crippen LogP contribution in [0.15, 0.2) is 102 Å². The summed E-state index contributed by atoms with van der Waals surface area (Å²) in [7, 11) is -2.89. The Morgan fingerprint density at radius 3 is 2.21 bits per heavy atom. The number of aryl methyl sites for hydroxylation is 2. The molecule has 1 aliphatic carbocycles. The van der Waals surface area contributed by atoms with E-state index in [4.69, 9.17) is 4.74 Å². The highest BCUT2D eigenvalue weighted by molar-refractivity contribution is 7.92. The molecule has 4 aromatic carbocycles. The van der Waals surface area contributed by atoms with Gasteiger partial charge in [-0.3, -0.25) is 13.9 Å². The highest BCUT2D eigenvalue weighted by Crippen LogP contribution is 2.34. The summed E-state index contributed by atoms with van der Waals surface area (Å²) in [6.07, 6.45) is 3.81. The number of hydrogen-bond donors (Lipinski definition) is 1. The molecule has 0 bridgehead atoms. The fourth-order valence-corrected chi connectivity index (χ4v) is 7.49. The molecule has 1 N–H and O–H groups in total. The van der Waals surface area contributed by atoms with Crippen molar-refractivity contribution >= 4 is 27.5 Å². The lowest BCUT2D eigenvalue weighted by Gasteiger charge is -2.34. The largest absolute Gasteiger partial charge is 0.495 e. The third-order valence-electron chi connectivity index (χ3n) is 8.76. The minimum atomic E-state index is -4.32. The molecule has 4 aromatic rings. The van der Waals surface area contributed by atoms with Crippen molar-refractivity contribution in [1.82, 2.24) is 10.2 Å². The first-order valence-corrected chi connectivity index (χ1v) is 17.6. The third-order valence-corrected chi connectivity index (χ3v) is 10.5. The Labute approximate surface area is 282 Å². The number of methoxy groups -OCH3 is 1. The predicted octanol–water partition coefficient (Wildman–Crippen LogP) is 6.35. The molecule has 2 amide bonds. The van der Waals surface area contributed by atoms with Gasteiger partial charge in [0.05, 0.1) is 17.7 Å². The maximum atomic E-state index is 15.2.